The third kappa shape index (κ3) is 3.22. The summed E-state index contributed by atoms with van der Waals surface area (Å²) >= 11 is 0. The summed E-state index contributed by atoms with van der Waals surface area (Å²) in [4.78, 5) is 0.211. The molecule has 18 heavy (non-hydrogen) atoms. The summed E-state index contributed by atoms with van der Waals surface area (Å²) in [6.45, 7) is 2.30. The molecule has 0 N–H and O–H groups in total. The smallest absolute Gasteiger partial charge is 0.243 e. The number of nitrogens with zero attached hydrogens (tertiary/aromatic N) is 2. The van der Waals surface area contributed by atoms with Crippen molar-refractivity contribution >= 4 is 10.0 Å². The van der Waals surface area contributed by atoms with Crippen LogP contribution in [0.4, 0.5) is 0 Å². The summed E-state index contributed by atoms with van der Waals surface area (Å²) in [7, 11) is -2.00. The van der Waals surface area contributed by atoms with Crippen LogP contribution in [0.1, 0.15) is 13.3 Å². The number of hydrogen-bond acceptors (Lipinski definition) is 4. The Balaban J connectivity index is 2.99. The third-order valence-corrected chi connectivity index (χ3v) is 4.51. The Morgan fingerprint density at radius 1 is 1.33 bits per heavy atom. The molecule has 0 aliphatic heterocycles. The van der Waals surface area contributed by atoms with Gasteiger partial charge in [0.15, 0.2) is 0 Å². The van der Waals surface area contributed by atoms with Crippen LogP contribution in [0, 0.1) is 11.3 Å². The highest BCUT2D eigenvalue weighted by Gasteiger charge is 2.22. The molecule has 0 spiro atoms. The minimum absolute atomic E-state index is 0.184. The molecule has 0 atom stereocenters. The first-order valence-electron chi connectivity index (χ1n) is 5.57. The van der Waals surface area contributed by atoms with Crippen molar-refractivity contribution < 1.29 is 13.2 Å². The van der Waals surface area contributed by atoms with Gasteiger partial charge in [-0.1, -0.05) is 6.92 Å². The second-order valence-corrected chi connectivity index (χ2v) is 5.52. The van der Waals surface area contributed by atoms with E-state index in [1.807, 2.05) is 6.07 Å². The summed E-state index contributed by atoms with van der Waals surface area (Å²) in [5.41, 5.74) is 0. The van der Waals surface area contributed by atoms with Gasteiger partial charge in [-0.05, 0) is 24.3 Å². The van der Waals surface area contributed by atoms with Crippen LogP contribution in [-0.2, 0) is 10.0 Å². The van der Waals surface area contributed by atoms with Crippen LogP contribution in [0.15, 0.2) is 29.2 Å². The van der Waals surface area contributed by atoms with E-state index in [1.54, 1.807) is 19.1 Å². The minimum Gasteiger partial charge on any atom is -0.497 e. The molecule has 1 aromatic rings. The maximum Gasteiger partial charge on any atom is 0.243 e. The first kappa shape index (κ1) is 14.5. The topological polar surface area (TPSA) is 70.4 Å². The normalized spacial score (nSPS) is 11.2. The average molecular weight is 268 g/mol. The number of nitriles is 1. The van der Waals surface area contributed by atoms with Crippen molar-refractivity contribution in [1.29, 1.82) is 5.26 Å². The summed E-state index contributed by atoms with van der Waals surface area (Å²) in [6.07, 6.45) is 0.184. The van der Waals surface area contributed by atoms with Gasteiger partial charge in [0.25, 0.3) is 0 Å². The lowest BCUT2D eigenvalue weighted by Gasteiger charge is -2.19. The number of hydrogen-bond donors (Lipinski definition) is 0. The molecule has 0 amide bonds. The van der Waals surface area contributed by atoms with Crippen LogP contribution >= 0.6 is 0 Å². The van der Waals surface area contributed by atoms with Gasteiger partial charge in [0.05, 0.1) is 18.1 Å². The molecule has 0 bridgehead atoms. The molecule has 0 aromatic heterocycles. The molecule has 0 fully saturated rings. The summed E-state index contributed by atoms with van der Waals surface area (Å²) in [5.74, 6) is 0.606. The van der Waals surface area contributed by atoms with E-state index < -0.39 is 10.0 Å². The van der Waals surface area contributed by atoms with Crippen molar-refractivity contribution in [3.05, 3.63) is 24.3 Å². The summed E-state index contributed by atoms with van der Waals surface area (Å²) in [6, 6.07) is 8.16. The van der Waals surface area contributed by atoms with E-state index in [4.69, 9.17) is 10.00 Å². The van der Waals surface area contributed by atoms with Crippen LogP contribution < -0.4 is 4.74 Å². The first-order chi connectivity index (χ1) is 8.56. The van der Waals surface area contributed by atoms with Crippen molar-refractivity contribution in [3.8, 4) is 11.8 Å². The molecule has 0 heterocycles. The van der Waals surface area contributed by atoms with Crippen molar-refractivity contribution in [3.63, 3.8) is 0 Å². The van der Waals surface area contributed by atoms with Crippen molar-refractivity contribution in [2.75, 3.05) is 20.2 Å². The van der Waals surface area contributed by atoms with Crippen LogP contribution in [0.3, 0.4) is 0 Å². The molecule has 0 saturated heterocycles. The van der Waals surface area contributed by atoms with Crippen molar-refractivity contribution in [2.24, 2.45) is 0 Å². The fraction of sp³-hybridized carbons (Fsp3) is 0.417. The lowest BCUT2D eigenvalue weighted by molar-refractivity contribution is 0.414. The van der Waals surface area contributed by atoms with E-state index in [2.05, 4.69) is 0 Å². The standard InChI is InChI=1S/C12H16N2O3S/c1-3-14(10-4-9-13)18(15,16)12-7-5-11(17-2)6-8-12/h5-8H,3-4,10H2,1-2H3. The quantitative estimate of drug-likeness (QED) is 0.786. The van der Waals surface area contributed by atoms with Gasteiger partial charge in [-0.2, -0.15) is 9.57 Å². The molecule has 0 aliphatic carbocycles. The second-order valence-electron chi connectivity index (χ2n) is 3.58. The molecular formula is C12H16N2O3S. The van der Waals surface area contributed by atoms with Crippen LogP contribution in [0.2, 0.25) is 0 Å². The largest absolute Gasteiger partial charge is 0.497 e. The van der Waals surface area contributed by atoms with Gasteiger partial charge < -0.3 is 4.74 Å². The molecule has 0 unspecified atom stereocenters. The fourth-order valence-electron chi connectivity index (χ4n) is 1.52. The Morgan fingerprint density at radius 3 is 2.39 bits per heavy atom. The van der Waals surface area contributed by atoms with Gasteiger partial charge in [0.2, 0.25) is 10.0 Å². The molecule has 98 valence electrons. The Bertz CT molecular complexity index is 517. The number of ether oxygens (including phenoxy) is 1. The van der Waals surface area contributed by atoms with Crippen molar-refractivity contribution in [2.45, 2.75) is 18.2 Å². The molecule has 0 radical (unpaired) electrons. The van der Waals surface area contributed by atoms with E-state index in [9.17, 15) is 8.42 Å². The molecular weight excluding hydrogens is 252 g/mol. The van der Waals surface area contributed by atoms with E-state index >= 15 is 0 Å². The van der Waals surface area contributed by atoms with Gasteiger partial charge >= 0.3 is 0 Å². The predicted molar refractivity (Wildman–Crippen MR) is 67.7 cm³/mol. The minimum atomic E-state index is -3.52. The number of sulfonamides is 1. The Morgan fingerprint density at radius 2 is 1.94 bits per heavy atom. The lowest BCUT2D eigenvalue weighted by atomic mass is 10.3. The molecule has 0 aliphatic rings. The lowest BCUT2D eigenvalue weighted by Crippen LogP contribution is -2.31. The highest BCUT2D eigenvalue weighted by atomic mass is 32.2. The number of methoxy groups -OCH3 is 1. The summed E-state index contributed by atoms with van der Waals surface area (Å²) < 4.78 is 30.8. The van der Waals surface area contributed by atoms with Crippen LogP contribution in [-0.4, -0.2) is 32.9 Å². The van der Waals surface area contributed by atoms with E-state index in [0.717, 1.165) is 0 Å². The Kier molecular flexibility index (Phi) is 5.13. The van der Waals surface area contributed by atoms with E-state index in [-0.39, 0.29) is 17.9 Å². The Hall–Kier alpha value is -1.58. The first-order valence-corrected chi connectivity index (χ1v) is 7.01. The van der Waals surface area contributed by atoms with Gasteiger partial charge in [-0.25, -0.2) is 8.42 Å². The zero-order valence-corrected chi connectivity index (χ0v) is 11.3. The van der Waals surface area contributed by atoms with Crippen LogP contribution in [0.25, 0.3) is 0 Å². The number of benzene rings is 1. The van der Waals surface area contributed by atoms with Gasteiger partial charge in [0.1, 0.15) is 5.75 Å². The zero-order valence-electron chi connectivity index (χ0n) is 10.5. The molecule has 5 nitrogen and oxygen atoms in total. The van der Waals surface area contributed by atoms with Gasteiger partial charge in [-0.15, -0.1) is 0 Å². The average Bonchev–Trinajstić information content (AvgIpc) is 2.39. The summed E-state index contributed by atoms with van der Waals surface area (Å²) in [5, 5.41) is 8.53. The van der Waals surface area contributed by atoms with Crippen LogP contribution in [0.5, 0.6) is 5.75 Å². The maximum atomic E-state index is 12.2. The van der Waals surface area contributed by atoms with Crippen molar-refractivity contribution in [1.82, 2.24) is 4.31 Å². The molecule has 6 heteroatoms. The predicted octanol–water partition coefficient (Wildman–Crippen LogP) is 1.62. The highest BCUT2D eigenvalue weighted by Crippen LogP contribution is 2.19. The SMILES string of the molecule is CCN(CCC#N)S(=O)(=O)c1ccc(OC)cc1. The monoisotopic (exact) mass is 268 g/mol. The molecule has 0 saturated carbocycles. The van der Waals surface area contributed by atoms with E-state index in [1.165, 1.54) is 23.5 Å². The van der Waals surface area contributed by atoms with Gasteiger partial charge in [0, 0.05) is 19.5 Å². The van der Waals surface area contributed by atoms with Gasteiger partial charge in [-0.3, -0.25) is 0 Å². The fourth-order valence-corrected chi connectivity index (χ4v) is 2.97. The Labute approximate surface area is 108 Å². The maximum absolute atomic E-state index is 12.2. The second kappa shape index (κ2) is 6.38. The molecule has 1 aromatic carbocycles. The number of rotatable bonds is 6. The van der Waals surface area contributed by atoms with E-state index in [0.29, 0.717) is 12.3 Å². The third-order valence-electron chi connectivity index (χ3n) is 2.52. The zero-order chi connectivity index (χ0) is 13.6. The molecule has 1 rings (SSSR count). The highest BCUT2D eigenvalue weighted by molar-refractivity contribution is 7.89.